The van der Waals surface area contributed by atoms with E-state index < -0.39 is 18.0 Å². The zero-order valence-electron chi connectivity index (χ0n) is 21.3. The maximum absolute atomic E-state index is 16.0. The van der Waals surface area contributed by atoms with Gasteiger partial charge >= 0.3 is 6.09 Å². The number of carbonyl (C=O) groups is 1. The quantitative estimate of drug-likeness (QED) is 0.463. The molecular formula is C25H31FN6O5. The zero-order valence-corrected chi connectivity index (χ0v) is 21.3. The fourth-order valence-electron chi connectivity index (χ4n) is 4.20. The maximum atomic E-state index is 16.0. The van der Waals surface area contributed by atoms with Gasteiger partial charge in [0.1, 0.15) is 29.9 Å². The number of halogens is 1. The van der Waals surface area contributed by atoms with Crippen LogP contribution in [0.4, 0.5) is 15.0 Å². The maximum Gasteiger partial charge on any atom is 0.409 e. The van der Waals surface area contributed by atoms with Crippen molar-refractivity contribution in [3.8, 4) is 28.4 Å². The van der Waals surface area contributed by atoms with Crippen LogP contribution < -0.4 is 15.0 Å². The van der Waals surface area contributed by atoms with Crippen molar-refractivity contribution in [3.05, 3.63) is 41.5 Å². The Hall–Kier alpha value is -3.77. The van der Waals surface area contributed by atoms with Crippen molar-refractivity contribution in [3.63, 3.8) is 0 Å². The summed E-state index contributed by atoms with van der Waals surface area (Å²) in [6, 6.07) is 7.10. The Bertz CT molecular complexity index is 1220. The molecule has 0 saturated carbocycles. The van der Waals surface area contributed by atoms with Crippen LogP contribution in [0.2, 0.25) is 0 Å². The number of aryl methyl sites for hydroxylation is 2. The number of aromatic nitrogens is 3. The lowest BCUT2D eigenvalue weighted by molar-refractivity contribution is 0.108. The average molecular weight is 515 g/mol. The summed E-state index contributed by atoms with van der Waals surface area (Å²) in [5.74, 6) is 0.793. The number of carbonyl (C=O) groups excluding carboxylic acids is 1. The Morgan fingerprint density at radius 1 is 1.24 bits per heavy atom. The number of anilines is 1. The summed E-state index contributed by atoms with van der Waals surface area (Å²) in [4.78, 5) is 24.4. The third kappa shape index (κ3) is 5.81. The molecule has 1 unspecified atom stereocenters. The van der Waals surface area contributed by atoms with E-state index >= 15 is 4.39 Å². The number of hydrogen-bond acceptors (Lipinski definition) is 10. The van der Waals surface area contributed by atoms with Crippen LogP contribution in [0.3, 0.4) is 0 Å². The van der Waals surface area contributed by atoms with Crippen LogP contribution in [-0.4, -0.2) is 90.8 Å². The molecule has 1 amide bonds. The second kappa shape index (κ2) is 11.5. The van der Waals surface area contributed by atoms with E-state index in [1.54, 1.807) is 55.0 Å². The first-order chi connectivity index (χ1) is 17.8. The smallest absolute Gasteiger partial charge is 0.409 e. The fourth-order valence-corrected chi connectivity index (χ4v) is 4.20. The van der Waals surface area contributed by atoms with E-state index in [2.05, 4.69) is 20.4 Å². The normalized spacial score (nSPS) is 14.5. The van der Waals surface area contributed by atoms with Gasteiger partial charge in [-0.15, -0.1) is 0 Å². The van der Waals surface area contributed by atoms with Gasteiger partial charge in [-0.25, -0.2) is 19.2 Å². The highest BCUT2D eigenvalue weighted by molar-refractivity contribution is 5.72. The molecule has 1 atom stereocenters. The van der Waals surface area contributed by atoms with Gasteiger partial charge in [-0.1, -0.05) is 17.3 Å². The summed E-state index contributed by atoms with van der Waals surface area (Å²) >= 11 is 0. The summed E-state index contributed by atoms with van der Waals surface area (Å²) in [7, 11) is 3.08. The highest BCUT2D eigenvalue weighted by atomic mass is 19.1. The third-order valence-corrected chi connectivity index (χ3v) is 6.09. The van der Waals surface area contributed by atoms with Crippen molar-refractivity contribution in [2.75, 3.05) is 58.4 Å². The van der Waals surface area contributed by atoms with Crippen LogP contribution in [0, 0.1) is 19.7 Å². The van der Waals surface area contributed by atoms with Gasteiger partial charge in [0.25, 0.3) is 0 Å². The predicted molar refractivity (Wildman–Crippen MR) is 134 cm³/mol. The van der Waals surface area contributed by atoms with Gasteiger partial charge < -0.3 is 34.2 Å². The fraction of sp³-hybridized carbons (Fsp3) is 0.440. The van der Waals surface area contributed by atoms with Gasteiger partial charge in [0.15, 0.2) is 17.5 Å². The van der Waals surface area contributed by atoms with Crippen LogP contribution in [0.25, 0.3) is 22.6 Å². The standard InChI is InChI=1S/C25H31FN6O5/c1-15-20(16(2)37-30-15)22-21(26)24(31-8-10-32(11-9-31)25(34)35-4)29-23(28-22)17-6-5-7-19(12-17)36-14-18(33)13-27-3/h5-7,12,18,27,33H,8-11,13-14H2,1-4H3. The van der Waals surface area contributed by atoms with Gasteiger partial charge in [-0.05, 0) is 33.0 Å². The number of benzene rings is 1. The molecule has 1 fully saturated rings. The Balaban J connectivity index is 1.71. The van der Waals surface area contributed by atoms with Crippen molar-refractivity contribution in [2.45, 2.75) is 20.0 Å². The number of nitrogens with one attached hydrogen (secondary N) is 1. The first-order valence-corrected chi connectivity index (χ1v) is 12.0. The minimum Gasteiger partial charge on any atom is -0.491 e. The molecule has 198 valence electrons. The van der Waals surface area contributed by atoms with Crippen LogP contribution in [0.15, 0.2) is 28.8 Å². The molecular weight excluding hydrogens is 483 g/mol. The number of piperazine rings is 1. The van der Waals surface area contributed by atoms with Crippen molar-refractivity contribution in [2.24, 2.45) is 0 Å². The number of rotatable bonds is 8. The molecule has 4 rings (SSSR count). The van der Waals surface area contributed by atoms with Crippen LogP contribution >= 0.6 is 0 Å². The second-order valence-electron chi connectivity index (χ2n) is 8.73. The molecule has 2 N–H and O–H groups in total. The van der Waals surface area contributed by atoms with Crippen molar-refractivity contribution < 1.29 is 28.3 Å². The number of amides is 1. The molecule has 0 spiro atoms. The largest absolute Gasteiger partial charge is 0.491 e. The zero-order chi connectivity index (χ0) is 26.5. The molecule has 0 aliphatic carbocycles. The lowest BCUT2D eigenvalue weighted by Crippen LogP contribution is -2.49. The van der Waals surface area contributed by atoms with Crippen LogP contribution in [-0.2, 0) is 4.74 Å². The minimum atomic E-state index is -0.669. The van der Waals surface area contributed by atoms with E-state index in [4.69, 9.17) is 14.0 Å². The number of aliphatic hydroxyl groups is 1. The Morgan fingerprint density at radius 2 is 2.00 bits per heavy atom. The van der Waals surface area contributed by atoms with Gasteiger partial charge in [-0.2, -0.15) is 0 Å². The van der Waals surface area contributed by atoms with E-state index in [0.717, 1.165) is 0 Å². The van der Waals surface area contributed by atoms with Crippen molar-refractivity contribution in [1.82, 2.24) is 25.3 Å². The molecule has 37 heavy (non-hydrogen) atoms. The van der Waals surface area contributed by atoms with E-state index in [1.165, 1.54) is 7.11 Å². The number of likely N-dealkylation sites (N-methyl/N-ethyl adjacent to an activating group) is 1. The number of hydrogen-bond donors (Lipinski definition) is 2. The molecule has 11 nitrogen and oxygen atoms in total. The van der Waals surface area contributed by atoms with E-state index in [-0.39, 0.29) is 18.1 Å². The first-order valence-electron chi connectivity index (χ1n) is 12.0. The van der Waals surface area contributed by atoms with E-state index in [0.29, 0.717) is 66.9 Å². The summed E-state index contributed by atoms with van der Waals surface area (Å²) in [6.07, 6.45) is -1.09. The second-order valence-corrected chi connectivity index (χ2v) is 8.73. The van der Waals surface area contributed by atoms with Crippen molar-refractivity contribution >= 4 is 11.9 Å². The average Bonchev–Trinajstić information content (AvgIpc) is 3.25. The SMILES string of the molecule is CNCC(O)COc1cccc(-c2nc(-c3c(C)noc3C)c(F)c(N3CCN(C(=O)OC)CC3)n2)c1. The highest BCUT2D eigenvalue weighted by Gasteiger charge is 2.29. The number of nitrogens with zero attached hydrogens (tertiary/aromatic N) is 5. The Morgan fingerprint density at radius 3 is 2.65 bits per heavy atom. The molecule has 12 heteroatoms. The van der Waals surface area contributed by atoms with Gasteiger partial charge in [-0.3, -0.25) is 0 Å². The molecule has 2 aromatic heterocycles. The van der Waals surface area contributed by atoms with E-state index in [1.807, 2.05) is 0 Å². The molecule has 0 radical (unpaired) electrons. The van der Waals surface area contributed by atoms with Crippen LogP contribution in [0.1, 0.15) is 11.5 Å². The molecule has 1 aromatic carbocycles. The van der Waals surface area contributed by atoms with E-state index in [9.17, 15) is 9.90 Å². The summed E-state index contributed by atoms with van der Waals surface area (Å²) < 4.78 is 31.8. The molecule has 3 heterocycles. The number of aliphatic hydroxyl groups excluding tert-OH is 1. The predicted octanol–water partition coefficient (Wildman–Crippen LogP) is 2.40. The molecule has 3 aromatic rings. The molecule has 1 aliphatic rings. The number of methoxy groups -OCH3 is 1. The monoisotopic (exact) mass is 514 g/mol. The molecule has 1 saturated heterocycles. The highest BCUT2D eigenvalue weighted by Crippen LogP contribution is 2.34. The van der Waals surface area contributed by atoms with Crippen LogP contribution in [0.5, 0.6) is 5.75 Å². The Kier molecular flexibility index (Phi) is 8.19. The lowest BCUT2D eigenvalue weighted by atomic mass is 10.1. The summed E-state index contributed by atoms with van der Waals surface area (Å²) in [5, 5.41) is 16.8. The number of ether oxygens (including phenoxy) is 2. The topological polar surface area (TPSA) is 126 Å². The van der Waals surface area contributed by atoms with Gasteiger partial charge in [0.2, 0.25) is 0 Å². The molecule has 1 aliphatic heterocycles. The van der Waals surface area contributed by atoms with Gasteiger partial charge in [0.05, 0.1) is 18.4 Å². The minimum absolute atomic E-state index is 0.0856. The summed E-state index contributed by atoms with van der Waals surface area (Å²) in [5.41, 5.74) is 1.68. The molecule has 0 bridgehead atoms. The first kappa shape index (κ1) is 26.3. The summed E-state index contributed by atoms with van der Waals surface area (Å²) in [6.45, 7) is 5.41. The van der Waals surface area contributed by atoms with Gasteiger partial charge in [0, 0.05) is 38.3 Å². The lowest BCUT2D eigenvalue weighted by Gasteiger charge is -2.34. The Labute approximate surface area is 214 Å². The van der Waals surface area contributed by atoms with Crippen molar-refractivity contribution in [1.29, 1.82) is 0 Å². The third-order valence-electron chi connectivity index (χ3n) is 6.09.